The van der Waals surface area contributed by atoms with Gasteiger partial charge in [0, 0.05) is 12.8 Å². The second-order valence-electron chi connectivity index (χ2n) is 23.4. The zero-order valence-electron chi connectivity index (χ0n) is 55.8. The van der Waals surface area contributed by atoms with Crippen molar-refractivity contribution in [3.8, 4) is 0 Å². The first-order valence-corrected chi connectivity index (χ1v) is 34.3. The van der Waals surface area contributed by atoms with E-state index in [1.165, 1.54) is 64.2 Å². The van der Waals surface area contributed by atoms with Crippen LogP contribution in [0.5, 0.6) is 0 Å². The number of ether oxygens (including phenoxy) is 4. The Kier molecular flexibility index (Phi) is 62.5. The molecular weight excluding hydrogens is 1080 g/mol. The van der Waals surface area contributed by atoms with E-state index in [2.05, 4.69) is 184 Å². The molecule has 0 N–H and O–H groups in total. The summed E-state index contributed by atoms with van der Waals surface area (Å²) in [6.07, 6.45) is 97.0. The summed E-state index contributed by atoms with van der Waals surface area (Å²) in [5, 5.41) is 11.8. The Bertz CT molecular complexity index is 2030. The molecule has 9 nitrogen and oxygen atoms in total. The zero-order chi connectivity index (χ0) is 63.3. The van der Waals surface area contributed by atoms with E-state index < -0.39 is 24.3 Å². The molecule has 9 heteroatoms. The van der Waals surface area contributed by atoms with Crippen molar-refractivity contribution in [2.24, 2.45) is 0 Å². The third kappa shape index (κ3) is 68.0. The summed E-state index contributed by atoms with van der Waals surface area (Å²) >= 11 is 0. The van der Waals surface area contributed by atoms with E-state index in [0.29, 0.717) is 17.4 Å². The van der Waals surface area contributed by atoms with Gasteiger partial charge in [0.1, 0.15) is 13.2 Å². The number of carbonyl (C=O) groups excluding carboxylic acids is 3. The van der Waals surface area contributed by atoms with E-state index in [1.807, 2.05) is 21.1 Å². The second kappa shape index (κ2) is 66.6. The van der Waals surface area contributed by atoms with Crippen molar-refractivity contribution in [2.45, 2.75) is 257 Å². The maximum absolute atomic E-state index is 12.9. The first-order chi connectivity index (χ1) is 42.6. The molecule has 0 rings (SSSR count). The smallest absolute Gasteiger partial charge is 0.306 e. The minimum absolute atomic E-state index is 0.133. The Morgan fingerprint density at radius 1 is 0.356 bits per heavy atom. The van der Waals surface area contributed by atoms with Crippen LogP contribution in [0.25, 0.3) is 0 Å². The number of hydrogen-bond acceptors (Lipinski definition) is 8. The minimum atomic E-state index is -1.64. The highest BCUT2D eigenvalue weighted by Gasteiger charge is 2.22. The van der Waals surface area contributed by atoms with Crippen LogP contribution in [0.3, 0.4) is 0 Å². The summed E-state index contributed by atoms with van der Waals surface area (Å²) in [5.74, 6) is -2.34. The number of aliphatic carboxylic acids is 1. The maximum Gasteiger partial charge on any atom is 0.306 e. The molecule has 0 aliphatic carbocycles. The number of likely N-dealkylation sites (N-methyl/N-ethyl adjacent to an activating group) is 1. The van der Waals surface area contributed by atoms with Gasteiger partial charge in [0.15, 0.2) is 12.4 Å². The van der Waals surface area contributed by atoms with Gasteiger partial charge >= 0.3 is 11.9 Å². The van der Waals surface area contributed by atoms with Gasteiger partial charge in [0.05, 0.1) is 40.3 Å². The first kappa shape index (κ1) is 81.7. The third-order valence-corrected chi connectivity index (χ3v) is 13.9. The molecule has 2 atom stereocenters. The van der Waals surface area contributed by atoms with E-state index in [1.54, 1.807) is 0 Å². The molecule has 2 unspecified atom stereocenters. The Morgan fingerprint density at radius 2 is 0.655 bits per heavy atom. The van der Waals surface area contributed by atoms with Crippen LogP contribution < -0.4 is 5.11 Å². The average molecular weight is 1200 g/mol. The Hall–Kier alpha value is -5.35. The van der Waals surface area contributed by atoms with Gasteiger partial charge in [-0.15, -0.1) is 0 Å². The van der Waals surface area contributed by atoms with Crippen LogP contribution in [0.15, 0.2) is 170 Å². The molecule has 0 aromatic rings. The van der Waals surface area contributed by atoms with Crippen LogP contribution in [0, 0.1) is 0 Å². The van der Waals surface area contributed by atoms with E-state index in [-0.39, 0.29) is 38.6 Å². The molecule has 0 spiro atoms. The molecule has 0 saturated heterocycles. The number of carboxylic acid groups (broad SMARTS) is 1. The monoisotopic (exact) mass is 1200 g/mol. The summed E-state index contributed by atoms with van der Waals surface area (Å²) in [4.78, 5) is 37.4. The molecule has 0 saturated carbocycles. The van der Waals surface area contributed by atoms with Crippen molar-refractivity contribution in [3.63, 3.8) is 0 Å². The average Bonchev–Trinajstić information content (AvgIpc) is 3.55. The van der Waals surface area contributed by atoms with Crippen LogP contribution in [0.2, 0.25) is 0 Å². The largest absolute Gasteiger partial charge is 0.545 e. The molecule has 0 aromatic heterocycles. The highest BCUT2D eigenvalue weighted by molar-refractivity contribution is 5.70. The van der Waals surface area contributed by atoms with E-state index >= 15 is 0 Å². The highest BCUT2D eigenvalue weighted by Crippen LogP contribution is 2.14. The van der Waals surface area contributed by atoms with Crippen LogP contribution in [0.4, 0.5) is 0 Å². The van der Waals surface area contributed by atoms with E-state index in [4.69, 9.17) is 18.9 Å². The molecule has 87 heavy (non-hydrogen) atoms. The number of carboxylic acids is 1. The van der Waals surface area contributed by atoms with Crippen molar-refractivity contribution in [1.29, 1.82) is 0 Å². The molecule has 0 radical (unpaired) electrons. The topological polar surface area (TPSA) is 111 Å². The SMILES string of the molecule is CC/C=C\C/C=C\C/C=C\C/C=C\C/C=C\C/C=C\C/C=C\C/C=C\C/C=C\C/C=C\C/C=C\CCCCCCCC(=O)OC(COC(=O)CCCCCCCCCC/C=C\C/C=C\C/C=C\CCCCCCC)COC(OCC[N+](C)(C)C)C(=O)[O-]. The lowest BCUT2D eigenvalue weighted by atomic mass is 10.1. The maximum atomic E-state index is 12.9. The predicted molar refractivity (Wildman–Crippen MR) is 370 cm³/mol. The quantitative estimate of drug-likeness (QED) is 0.0195. The fourth-order valence-corrected chi connectivity index (χ4v) is 8.72. The predicted octanol–water partition coefficient (Wildman–Crippen LogP) is 20.1. The number of hydrogen-bond donors (Lipinski definition) is 0. The van der Waals surface area contributed by atoms with Crippen LogP contribution in [-0.2, 0) is 33.3 Å². The molecule has 0 bridgehead atoms. The lowest BCUT2D eigenvalue weighted by Crippen LogP contribution is -2.44. The third-order valence-electron chi connectivity index (χ3n) is 13.9. The molecule has 0 fully saturated rings. The van der Waals surface area contributed by atoms with Gasteiger partial charge in [-0.05, 0) is 135 Å². The normalized spacial score (nSPS) is 13.8. The summed E-state index contributed by atoms with van der Waals surface area (Å²) in [5.41, 5.74) is 0. The number of carbonyl (C=O) groups is 3. The van der Waals surface area contributed by atoms with Crippen molar-refractivity contribution in [1.82, 2.24) is 0 Å². The van der Waals surface area contributed by atoms with E-state index in [9.17, 15) is 19.5 Å². The molecule has 0 aliphatic heterocycles. The van der Waals surface area contributed by atoms with Gasteiger partial charge in [-0.1, -0.05) is 267 Å². The fraction of sp³-hybridized carbons (Fsp3) is 0.603. The number of unbranched alkanes of at least 4 members (excludes halogenated alkanes) is 18. The van der Waals surface area contributed by atoms with Gasteiger partial charge in [-0.3, -0.25) is 9.59 Å². The van der Waals surface area contributed by atoms with Crippen LogP contribution in [0.1, 0.15) is 245 Å². The summed E-state index contributed by atoms with van der Waals surface area (Å²) < 4.78 is 22.7. The van der Waals surface area contributed by atoms with Crippen LogP contribution in [-0.4, -0.2) is 82.3 Å². The Labute approximate surface area is 533 Å². The summed E-state index contributed by atoms with van der Waals surface area (Å²) in [6, 6.07) is 0. The number of rotatable bonds is 61. The second-order valence-corrected chi connectivity index (χ2v) is 23.4. The van der Waals surface area contributed by atoms with Crippen molar-refractivity contribution in [2.75, 3.05) is 47.5 Å². The standard InChI is InChI=1S/C78H125NO8/c1-6-8-10-12-14-16-18-20-22-24-26-28-30-31-32-33-34-35-36-37-38-39-40-41-42-43-44-45-47-49-51-53-55-57-59-61-63-65-67-69-76(81)87-74(73-86-78(77(82)83)84-71-70-79(3,4)5)72-85-75(80)68-66-64-62-60-58-56-54-52-50-48-46-29-27-25-23-21-19-17-15-13-11-9-7-2/h8,10,14,16,19-22,25-28,31-32,34-35,37-38,40-41,43-44,46-49,53,55,74,78H,6-7,9,11-13,15,17-18,23-24,29-30,33,36,39,42,45,50-52,54,56-73H2,1-5H3/b10-8-,16-14-,21-19-,22-20-,27-25-,28-26-,32-31-,35-34-,38-37-,41-40-,44-43-,48-46-,49-47-,55-53-. The Balaban J connectivity index is 4.26. The highest BCUT2D eigenvalue weighted by atomic mass is 16.7. The fourth-order valence-electron chi connectivity index (χ4n) is 8.72. The van der Waals surface area contributed by atoms with Gasteiger partial charge in [-0.2, -0.15) is 0 Å². The van der Waals surface area contributed by atoms with Crippen molar-refractivity contribution >= 4 is 17.9 Å². The molecule has 0 heterocycles. The van der Waals surface area contributed by atoms with Gasteiger partial charge in [0.2, 0.25) is 0 Å². The number of esters is 2. The lowest BCUT2D eigenvalue weighted by molar-refractivity contribution is -0.870. The molecular formula is C78H125NO8. The Morgan fingerprint density at radius 3 is 0.977 bits per heavy atom. The lowest BCUT2D eigenvalue weighted by Gasteiger charge is -2.26. The number of nitrogens with zero attached hydrogens (tertiary/aromatic N) is 1. The number of quaternary nitrogens is 1. The van der Waals surface area contributed by atoms with Gasteiger partial charge in [-0.25, -0.2) is 0 Å². The van der Waals surface area contributed by atoms with E-state index in [0.717, 1.165) is 148 Å². The van der Waals surface area contributed by atoms with Gasteiger partial charge in [0.25, 0.3) is 0 Å². The summed E-state index contributed by atoms with van der Waals surface area (Å²) in [6.45, 7) is 4.57. The van der Waals surface area contributed by atoms with Gasteiger partial charge < -0.3 is 33.3 Å². The molecule has 0 aliphatic rings. The zero-order valence-corrected chi connectivity index (χ0v) is 55.8. The molecule has 0 aromatic carbocycles. The summed E-state index contributed by atoms with van der Waals surface area (Å²) in [7, 11) is 5.91. The minimum Gasteiger partial charge on any atom is -0.545 e. The number of allylic oxidation sites excluding steroid dienone is 28. The molecule has 0 amide bonds. The first-order valence-electron chi connectivity index (χ1n) is 34.3. The van der Waals surface area contributed by atoms with Crippen molar-refractivity contribution in [3.05, 3.63) is 170 Å². The van der Waals surface area contributed by atoms with Crippen LogP contribution >= 0.6 is 0 Å². The molecule has 490 valence electrons. The van der Waals surface area contributed by atoms with Crippen molar-refractivity contribution < 1.29 is 42.9 Å².